The van der Waals surface area contributed by atoms with E-state index in [9.17, 15) is 9.59 Å². The number of carbonyl (C=O) groups excluding carboxylic acids is 2. The summed E-state index contributed by atoms with van der Waals surface area (Å²) in [6.07, 6.45) is 16.1. The minimum absolute atomic E-state index is 0.221. The molecule has 0 saturated heterocycles. The second-order valence-electron chi connectivity index (χ2n) is 7.52. The number of benzene rings is 1. The SMILES string of the molecule is CCCCCCCCCCCC[Se]CCCc1cccc2c1C(=O)NC2=O. The molecule has 0 bridgehead atoms. The third-order valence-electron chi connectivity index (χ3n) is 5.23. The van der Waals surface area contributed by atoms with Crippen LogP contribution in [0.1, 0.15) is 104 Å². The molecular weight excluding hydrogens is 401 g/mol. The van der Waals surface area contributed by atoms with Gasteiger partial charge in [0.05, 0.1) is 0 Å². The van der Waals surface area contributed by atoms with Crippen molar-refractivity contribution in [3.8, 4) is 0 Å². The summed E-state index contributed by atoms with van der Waals surface area (Å²) in [6, 6.07) is 5.63. The van der Waals surface area contributed by atoms with Crippen LogP contribution in [0.25, 0.3) is 0 Å². The van der Waals surface area contributed by atoms with Crippen molar-refractivity contribution in [3.05, 3.63) is 34.9 Å². The van der Waals surface area contributed by atoms with Gasteiger partial charge < -0.3 is 0 Å². The molecule has 1 N–H and O–H groups in total. The summed E-state index contributed by atoms with van der Waals surface area (Å²) in [5, 5.41) is 5.05. The van der Waals surface area contributed by atoms with Gasteiger partial charge in [0, 0.05) is 0 Å². The Morgan fingerprint density at radius 2 is 1.41 bits per heavy atom. The average Bonchev–Trinajstić information content (AvgIpc) is 2.97. The molecule has 2 amide bonds. The number of carbonyl (C=O) groups is 2. The third-order valence-corrected chi connectivity index (χ3v) is 7.65. The predicted octanol–water partition coefficient (Wildman–Crippen LogP) is 5.96. The quantitative estimate of drug-likeness (QED) is 0.209. The molecule has 0 atom stereocenters. The molecule has 0 aliphatic carbocycles. The van der Waals surface area contributed by atoms with Gasteiger partial charge in [0.1, 0.15) is 0 Å². The Labute approximate surface area is 171 Å². The normalized spacial score (nSPS) is 13.1. The van der Waals surface area contributed by atoms with Crippen molar-refractivity contribution in [1.82, 2.24) is 5.32 Å². The van der Waals surface area contributed by atoms with E-state index < -0.39 is 0 Å². The van der Waals surface area contributed by atoms with Crippen molar-refractivity contribution in [2.45, 2.75) is 94.6 Å². The van der Waals surface area contributed by atoms with Crippen molar-refractivity contribution in [3.63, 3.8) is 0 Å². The Morgan fingerprint density at radius 3 is 2.11 bits per heavy atom. The van der Waals surface area contributed by atoms with Crippen LogP contribution in [0, 0.1) is 0 Å². The van der Waals surface area contributed by atoms with Crippen molar-refractivity contribution in [1.29, 1.82) is 0 Å². The van der Waals surface area contributed by atoms with Crippen LogP contribution in [0.5, 0.6) is 0 Å². The fourth-order valence-electron chi connectivity index (χ4n) is 3.66. The first-order valence-electron chi connectivity index (χ1n) is 10.8. The Bertz CT molecular complexity index is 600. The van der Waals surface area contributed by atoms with Gasteiger partial charge in [-0.3, -0.25) is 0 Å². The van der Waals surface area contributed by atoms with Gasteiger partial charge in [0.2, 0.25) is 0 Å². The summed E-state index contributed by atoms with van der Waals surface area (Å²) in [5.41, 5.74) is 2.20. The zero-order valence-corrected chi connectivity index (χ0v) is 18.6. The van der Waals surface area contributed by atoms with Crippen LogP contribution in [0.3, 0.4) is 0 Å². The van der Waals surface area contributed by atoms with E-state index in [0.29, 0.717) is 11.1 Å². The number of hydrogen-bond donors (Lipinski definition) is 1. The van der Waals surface area contributed by atoms with Crippen LogP contribution in [0.4, 0.5) is 0 Å². The molecule has 27 heavy (non-hydrogen) atoms. The van der Waals surface area contributed by atoms with Crippen molar-refractivity contribution < 1.29 is 9.59 Å². The number of hydrogen-bond acceptors (Lipinski definition) is 2. The molecule has 0 aromatic heterocycles. The molecule has 1 aliphatic rings. The molecule has 0 radical (unpaired) electrons. The summed E-state index contributed by atoms with van der Waals surface area (Å²) in [4.78, 5) is 23.6. The maximum atomic E-state index is 11.9. The summed E-state index contributed by atoms with van der Waals surface area (Å²) in [5.74, 6) is -0.469. The van der Waals surface area contributed by atoms with Crippen LogP contribution in [0.15, 0.2) is 18.2 Å². The molecule has 1 aromatic rings. The standard InChI is InChI=1S/C23H35NO2Se/c1-2-3-4-5-6-7-8-9-10-11-17-27-18-13-15-19-14-12-16-20-21(19)23(26)24-22(20)25/h12,14,16H,2-11,13,15,17-18H2,1H3,(H,24,25,26). The van der Waals surface area contributed by atoms with Gasteiger partial charge in [-0.05, 0) is 0 Å². The van der Waals surface area contributed by atoms with E-state index in [1.54, 1.807) is 6.07 Å². The Hall–Kier alpha value is -1.12. The zero-order chi connectivity index (χ0) is 19.3. The van der Waals surface area contributed by atoms with Gasteiger partial charge in [0.15, 0.2) is 0 Å². The average molecular weight is 436 g/mol. The molecule has 0 unspecified atom stereocenters. The summed E-state index contributed by atoms with van der Waals surface area (Å²) in [6.45, 7) is 2.27. The first-order valence-corrected chi connectivity index (χ1v) is 13.2. The predicted molar refractivity (Wildman–Crippen MR) is 114 cm³/mol. The van der Waals surface area contributed by atoms with Crippen molar-refractivity contribution >= 4 is 26.8 Å². The van der Waals surface area contributed by atoms with Gasteiger partial charge >= 0.3 is 171 Å². The van der Waals surface area contributed by atoms with Crippen LogP contribution >= 0.6 is 0 Å². The molecule has 0 spiro atoms. The molecule has 1 heterocycles. The number of fused-ring (bicyclic) bond motifs is 1. The van der Waals surface area contributed by atoms with Crippen LogP contribution in [-0.4, -0.2) is 26.8 Å². The van der Waals surface area contributed by atoms with Gasteiger partial charge in [-0.2, -0.15) is 0 Å². The van der Waals surface area contributed by atoms with Crippen LogP contribution in [-0.2, 0) is 6.42 Å². The molecule has 4 heteroatoms. The number of aryl methyl sites for hydroxylation is 1. The first kappa shape index (κ1) is 22.2. The second kappa shape index (κ2) is 13.1. The van der Waals surface area contributed by atoms with Gasteiger partial charge in [-0.1, -0.05) is 0 Å². The number of imide groups is 1. The Balaban J connectivity index is 1.46. The van der Waals surface area contributed by atoms with E-state index in [1.165, 1.54) is 74.8 Å². The Morgan fingerprint density at radius 1 is 0.778 bits per heavy atom. The maximum absolute atomic E-state index is 11.9. The third kappa shape index (κ3) is 7.79. The Kier molecular flexibility index (Phi) is 10.8. The molecule has 2 rings (SSSR count). The van der Waals surface area contributed by atoms with E-state index in [1.807, 2.05) is 12.1 Å². The molecule has 1 aliphatic heterocycles. The number of rotatable bonds is 15. The second-order valence-corrected chi connectivity index (χ2v) is 10.1. The van der Waals surface area contributed by atoms with Crippen molar-refractivity contribution in [2.24, 2.45) is 0 Å². The van der Waals surface area contributed by atoms with Gasteiger partial charge in [0.25, 0.3) is 0 Å². The monoisotopic (exact) mass is 437 g/mol. The van der Waals surface area contributed by atoms with Crippen LogP contribution < -0.4 is 5.32 Å². The molecule has 0 saturated carbocycles. The summed E-state index contributed by atoms with van der Waals surface area (Å²) in [7, 11) is 0. The number of unbranched alkanes of at least 4 members (excludes halogenated alkanes) is 9. The molecule has 0 fully saturated rings. The molecular formula is C23H35NO2Se. The number of nitrogens with one attached hydrogen (secondary N) is 1. The van der Waals surface area contributed by atoms with E-state index in [0.717, 1.165) is 33.4 Å². The van der Waals surface area contributed by atoms with E-state index >= 15 is 0 Å². The van der Waals surface area contributed by atoms with E-state index in [-0.39, 0.29) is 11.8 Å². The molecule has 1 aromatic carbocycles. The fourth-order valence-corrected chi connectivity index (χ4v) is 5.67. The molecule has 150 valence electrons. The van der Waals surface area contributed by atoms with E-state index in [2.05, 4.69) is 12.2 Å². The number of amides is 2. The topological polar surface area (TPSA) is 46.2 Å². The van der Waals surface area contributed by atoms with Gasteiger partial charge in [-0.15, -0.1) is 0 Å². The summed E-state index contributed by atoms with van der Waals surface area (Å²) >= 11 is 0.718. The zero-order valence-electron chi connectivity index (χ0n) is 16.9. The fraction of sp³-hybridized carbons (Fsp3) is 0.652. The van der Waals surface area contributed by atoms with Crippen molar-refractivity contribution in [2.75, 3.05) is 0 Å². The minimum atomic E-state index is -0.248. The summed E-state index contributed by atoms with van der Waals surface area (Å²) < 4.78 is 0. The van der Waals surface area contributed by atoms with E-state index in [4.69, 9.17) is 0 Å². The first-order chi connectivity index (χ1) is 13.2. The van der Waals surface area contributed by atoms with Gasteiger partial charge in [-0.25, -0.2) is 0 Å². The van der Waals surface area contributed by atoms with Crippen LogP contribution in [0.2, 0.25) is 10.6 Å². The molecule has 3 nitrogen and oxygen atoms in total.